The minimum absolute atomic E-state index is 0.0279. The van der Waals surface area contributed by atoms with E-state index in [0.29, 0.717) is 12.8 Å². The van der Waals surface area contributed by atoms with Gasteiger partial charge < -0.3 is 20.5 Å². The van der Waals surface area contributed by atoms with Crippen molar-refractivity contribution in [3.05, 3.63) is 29.3 Å². The average molecular weight is 685 g/mol. The topological polar surface area (TPSA) is 122 Å². The first kappa shape index (κ1) is 39.3. The number of Topliss-reactive ketones (excluding diaryl/α,β-unsaturated/α-hetero) is 1. The van der Waals surface area contributed by atoms with Gasteiger partial charge in [-0.05, 0) is 31.6 Å². The third kappa shape index (κ3) is 12.7. The molecule has 8 nitrogen and oxygen atoms in total. The van der Waals surface area contributed by atoms with Gasteiger partial charge in [-0.15, -0.1) is 0 Å². The number of hydrogen-bond donors (Lipinski definition) is 3. The fourth-order valence-electron chi connectivity index (χ4n) is 7.14. The van der Waals surface area contributed by atoms with Gasteiger partial charge in [-0.2, -0.15) is 8.78 Å². The summed E-state index contributed by atoms with van der Waals surface area (Å²) in [5.74, 6) is -11.2. The van der Waals surface area contributed by atoms with E-state index in [2.05, 4.69) is 15.4 Å². The molecule has 1 aromatic rings. The van der Waals surface area contributed by atoms with E-state index in [9.17, 15) is 41.8 Å². The van der Waals surface area contributed by atoms with Gasteiger partial charge in [0.15, 0.2) is 23.2 Å². The Morgan fingerprint density at radius 2 is 1.17 bits per heavy atom. The number of rotatable bonds is 11. The first-order valence-electron chi connectivity index (χ1n) is 17.8. The van der Waals surface area contributed by atoms with Crippen LogP contribution in [-0.2, 0) is 19.2 Å². The highest BCUT2D eigenvalue weighted by atomic mass is 19.2. The Bertz CT molecular complexity index is 1180. The quantitative estimate of drug-likeness (QED) is 0.164. The molecule has 0 aliphatic heterocycles. The fourth-order valence-corrected chi connectivity index (χ4v) is 7.14. The van der Waals surface area contributed by atoms with Crippen LogP contribution in [0.4, 0.5) is 17.6 Å². The Morgan fingerprint density at radius 1 is 0.729 bits per heavy atom. The number of carbonyl (C=O) groups excluding carboxylic acids is 3. The maximum Gasteiger partial charge on any atom is 0.305 e. The molecule has 0 bridgehead atoms. The monoisotopic (exact) mass is 684 g/mol. The molecule has 12 heteroatoms. The summed E-state index contributed by atoms with van der Waals surface area (Å²) < 4.78 is 59.5. The highest BCUT2D eigenvalue weighted by Crippen LogP contribution is 2.35. The molecule has 0 radical (unpaired) electrons. The van der Waals surface area contributed by atoms with Gasteiger partial charge in [-0.1, -0.05) is 103 Å². The molecule has 0 heterocycles. The summed E-state index contributed by atoms with van der Waals surface area (Å²) in [5, 5.41) is 14.2. The summed E-state index contributed by atoms with van der Waals surface area (Å²) in [4.78, 5) is 50.2. The van der Waals surface area contributed by atoms with E-state index in [0.717, 1.165) is 37.5 Å². The van der Waals surface area contributed by atoms with Gasteiger partial charge in [0.2, 0.25) is 23.4 Å². The Hall–Kier alpha value is -3.18. The van der Waals surface area contributed by atoms with Gasteiger partial charge in [0, 0.05) is 12.0 Å². The third-order valence-electron chi connectivity index (χ3n) is 9.96. The molecular weight excluding hydrogens is 632 g/mol. The van der Waals surface area contributed by atoms with Crippen LogP contribution in [0.25, 0.3) is 0 Å². The van der Waals surface area contributed by atoms with Gasteiger partial charge in [0.25, 0.3) is 0 Å². The number of amides is 2. The molecule has 48 heavy (non-hydrogen) atoms. The zero-order valence-corrected chi connectivity index (χ0v) is 28.1. The number of ketones is 1. The second-order valence-electron chi connectivity index (χ2n) is 13.6. The maximum absolute atomic E-state index is 13.9. The van der Waals surface area contributed by atoms with Crippen LogP contribution < -0.4 is 15.4 Å². The molecule has 3 rings (SSSR count). The highest BCUT2D eigenvalue weighted by molar-refractivity contribution is 5.95. The number of aliphatic carboxylic acids is 1. The molecule has 0 aromatic heterocycles. The van der Waals surface area contributed by atoms with Crippen molar-refractivity contribution in [1.82, 2.24) is 10.6 Å². The van der Waals surface area contributed by atoms with Gasteiger partial charge >= 0.3 is 5.97 Å². The molecule has 0 unspecified atom stereocenters. The average Bonchev–Trinajstić information content (AvgIpc) is 3.11. The lowest BCUT2D eigenvalue weighted by molar-refractivity contribution is -0.141. The van der Waals surface area contributed by atoms with Crippen LogP contribution in [0.2, 0.25) is 0 Å². The summed E-state index contributed by atoms with van der Waals surface area (Å²) in [6, 6.07) is -2.84. The van der Waals surface area contributed by atoms with Crippen molar-refractivity contribution in [3.8, 4) is 5.75 Å². The standard InChI is InChI=1S/C36H52F4N2O6/c1-23(35(46)42-29(21-31(44)45)30(43)22-48-34-32(39)27(37)20-28(38)33(34)40)41-36(47)26-18-12-10-16-25(17-11-13-19-26)24-14-8-6-4-2-3-5-7-9-15-24/h20,23-26,29H,2-19,21-22H2,1H3,(H,41,47)(H,42,46)(H,44,45)/t23-,25?,26?,29-/m0/s1. The highest BCUT2D eigenvalue weighted by Gasteiger charge is 2.30. The second kappa shape index (κ2) is 20.4. The number of halogens is 4. The van der Waals surface area contributed by atoms with Gasteiger partial charge in [0.05, 0.1) is 6.42 Å². The molecule has 0 saturated heterocycles. The molecule has 0 spiro atoms. The molecule has 3 N–H and O–H groups in total. The van der Waals surface area contributed by atoms with Crippen LogP contribution in [-0.4, -0.2) is 47.4 Å². The van der Waals surface area contributed by atoms with Crippen molar-refractivity contribution < 1.29 is 46.6 Å². The summed E-state index contributed by atoms with van der Waals surface area (Å²) in [6.45, 7) is 0.220. The molecule has 2 aliphatic rings. The lowest BCUT2D eigenvalue weighted by Crippen LogP contribution is -2.52. The Labute approximate surface area is 281 Å². The summed E-state index contributed by atoms with van der Waals surface area (Å²) in [7, 11) is 0. The Kier molecular flexibility index (Phi) is 16.7. The van der Waals surface area contributed by atoms with Gasteiger partial charge in [0.1, 0.15) is 18.7 Å². The summed E-state index contributed by atoms with van der Waals surface area (Å²) >= 11 is 0. The van der Waals surface area contributed by atoms with E-state index < -0.39 is 71.8 Å². The zero-order chi connectivity index (χ0) is 35.1. The lowest BCUT2D eigenvalue weighted by Gasteiger charge is -2.29. The third-order valence-corrected chi connectivity index (χ3v) is 9.96. The first-order valence-corrected chi connectivity index (χ1v) is 17.8. The van der Waals surface area contributed by atoms with Crippen molar-refractivity contribution >= 4 is 23.6 Å². The smallest absolute Gasteiger partial charge is 0.305 e. The molecular formula is C36H52F4N2O6. The number of carbonyl (C=O) groups is 4. The van der Waals surface area contributed by atoms with Crippen molar-refractivity contribution in [2.45, 2.75) is 141 Å². The van der Waals surface area contributed by atoms with E-state index >= 15 is 0 Å². The summed E-state index contributed by atoms with van der Waals surface area (Å²) in [5.41, 5.74) is 0. The van der Waals surface area contributed by atoms with Crippen molar-refractivity contribution in [2.24, 2.45) is 17.8 Å². The number of benzene rings is 1. The normalized spacial score (nSPS) is 21.9. The van der Waals surface area contributed by atoms with Crippen molar-refractivity contribution in [1.29, 1.82) is 0 Å². The number of carboxylic acids is 1. The molecule has 2 amide bonds. The van der Waals surface area contributed by atoms with Crippen LogP contribution in [0.5, 0.6) is 5.75 Å². The largest absolute Gasteiger partial charge is 0.481 e. The van der Waals surface area contributed by atoms with E-state index in [4.69, 9.17) is 0 Å². The van der Waals surface area contributed by atoms with Crippen molar-refractivity contribution in [3.63, 3.8) is 0 Å². The minimum Gasteiger partial charge on any atom is -0.481 e. The van der Waals surface area contributed by atoms with Crippen LogP contribution in [0.15, 0.2) is 6.07 Å². The molecule has 2 aliphatic carbocycles. The van der Waals surface area contributed by atoms with Crippen LogP contribution >= 0.6 is 0 Å². The minimum atomic E-state index is -1.87. The molecule has 2 atom stereocenters. The lowest BCUT2D eigenvalue weighted by atomic mass is 9.77. The molecule has 1 aromatic carbocycles. The molecule has 2 saturated carbocycles. The molecule has 270 valence electrons. The van der Waals surface area contributed by atoms with Gasteiger partial charge in [-0.25, -0.2) is 8.78 Å². The predicted octanol–water partition coefficient (Wildman–Crippen LogP) is 7.55. The second-order valence-corrected chi connectivity index (χ2v) is 13.6. The van der Waals surface area contributed by atoms with Crippen LogP contribution in [0.3, 0.4) is 0 Å². The van der Waals surface area contributed by atoms with Crippen LogP contribution in [0, 0.1) is 41.0 Å². The van der Waals surface area contributed by atoms with Crippen LogP contribution in [0.1, 0.15) is 129 Å². The SMILES string of the molecule is C[C@H](NC(=O)C1CCCCC(C2CCCCCCCCCC2)CCCC1)C(=O)N[C@@H](CC(=O)O)C(=O)COc1c(F)c(F)cc(F)c1F. The van der Waals surface area contributed by atoms with Gasteiger partial charge in [-0.3, -0.25) is 19.2 Å². The van der Waals surface area contributed by atoms with E-state index in [-0.39, 0.29) is 17.9 Å². The van der Waals surface area contributed by atoms with E-state index in [1.165, 1.54) is 84.0 Å². The van der Waals surface area contributed by atoms with Crippen molar-refractivity contribution in [2.75, 3.05) is 6.61 Å². The predicted molar refractivity (Wildman–Crippen MR) is 172 cm³/mol. The first-order chi connectivity index (χ1) is 23.0. The van der Waals surface area contributed by atoms with E-state index in [1.54, 1.807) is 0 Å². The summed E-state index contributed by atoms with van der Waals surface area (Å²) in [6.07, 6.45) is 20.2. The number of nitrogens with one attached hydrogen (secondary N) is 2. The maximum atomic E-state index is 13.9. The number of ether oxygens (including phenoxy) is 1. The molecule has 2 fully saturated rings. The Morgan fingerprint density at radius 3 is 1.65 bits per heavy atom. The number of hydrogen-bond acceptors (Lipinski definition) is 5. The van der Waals surface area contributed by atoms with E-state index in [1.807, 2.05) is 0 Å². The Balaban J connectivity index is 1.51. The zero-order valence-electron chi connectivity index (χ0n) is 28.1. The fraction of sp³-hybridized carbons (Fsp3) is 0.722. The number of carboxylic acid groups (broad SMARTS) is 1.